The molecule has 0 aliphatic carbocycles. The third kappa shape index (κ3) is 4.52. The van der Waals surface area contributed by atoms with Crippen LogP contribution in [0.4, 0.5) is 4.39 Å². The van der Waals surface area contributed by atoms with Crippen molar-refractivity contribution in [3.05, 3.63) is 0 Å². The summed E-state index contributed by atoms with van der Waals surface area (Å²) in [6, 6.07) is 0. The zero-order valence-electron chi connectivity index (χ0n) is 5.31. The van der Waals surface area contributed by atoms with E-state index in [0.717, 1.165) is 0 Å². The molecule has 1 amide bonds. The summed E-state index contributed by atoms with van der Waals surface area (Å²) < 4.78 is 11.5. The van der Waals surface area contributed by atoms with E-state index in [-0.39, 0.29) is 12.3 Å². The third-order valence-corrected chi connectivity index (χ3v) is 1.07. The van der Waals surface area contributed by atoms with Crippen LogP contribution in [0.15, 0.2) is 0 Å². The largest absolute Gasteiger partial charge is 0.374 e. The van der Waals surface area contributed by atoms with Crippen molar-refractivity contribution in [2.45, 2.75) is 12.6 Å². The summed E-state index contributed by atoms with van der Waals surface area (Å²) in [6.07, 6.45) is -1.21. The van der Waals surface area contributed by atoms with Gasteiger partial charge in [0.2, 0.25) is 5.91 Å². The third-order valence-electron chi connectivity index (χ3n) is 0.832. The molecule has 0 aromatic rings. The molecule has 0 saturated heterocycles. The molecule has 60 valence electrons. The van der Waals surface area contributed by atoms with Crippen LogP contribution in [0.5, 0.6) is 0 Å². The van der Waals surface area contributed by atoms with E-state index in [2.05, 4.69) is 5.32 Å². The van der Waals surface area contributed by atoms with Crippen LogP contribution in [0.3, 0.4) is 0 Å². The number of carbonyl (C=O) groups excluding carboxylic acids is 1. The summed E-state index contributed by atoms with van der Waals surface area (Å²) in [5.41, 5.74) is 0. The minimum Gasteiger partial charge on any atom is -0.374 e. The molecule has 0 radical (unpaired) electrons. The van der Waals surface area contributed by atoms with Gasteiger partial charge in [-0.15, -0.1) is 11.6 Å². The molecule has 0 rings (SSSR count). The van der Waals surface area contributed by atoms with Gasteiger partial charge in [0.1, 0.15) is 12.1 Å². The minimum absolute atomic E-state index is 0.0946. The fraction of sp³-hybridized carbons (Fsp3) is 0.800. The van der Waals surface area contributed by atoms with E-state index in [1.165, 1.54) is 0 Å². The number of amides is 1. The maximum Gasteiger partial charge on any atom is 0.236 e. The SMILES string of the molecule is O=C(CCl)NC(O)CCF. The monoisotopic (exact) mass is 169 g/mol. The molecule has 10 heavy (non-hydrogen) atoms. The number of aliphatic hydroxyl groups excluding tert-OH is 1. The van der Waals surface area contributed by atoms with Gasteiger partial charge in [-0.2, -0.15) is 0 Å². The first-order valence-electron chi connectivity index (χ1n) is 2.80. The number of alkyl halides is 2. The fourth-order valence-corrected chi connectivity index (χ4v) is 0.477. The van der Waals surface area contributed by atoms with Crippen molar-refractivity contribution in [3.8, 4) is 0 Å². The van der Waals surface area contributed by atoms with Crippen LogP contribution in [0.2, 0.25) is 0 Å². The molecule has 0 fully saturated rings. The Balaban J connectivity index is 3.37. The lowest BCUT2D eigenvalue weighted by atomic mass is 10.4. The van der Waals surface area contributed by atoms with Gasteiger partial charge in [0.05, 0.1) is 6.67 Å². The standard InChI is InChI=1S/C5H9ClFNO2/c6-3-5(10)8-4(9)1-2-7/h4,9H,1-3H2,(H,8,10). The van der Waals surface area contributed by atoms with Crippen molar-refractivity contribution in [3.63, 3.8) is 0 Å². The van der Waals surface area contributed by atoms with E-state index in [9.17, 15) is 9.18 Å². The maximum atomic E-state index is 11.5. The average Bonchev–Trinajstić information content (AvgIpc) is 1.88. The summed E-state index contributed by atoms with van der Waals surface area (Å²) in [6.45, 7) is -0.663. The molecule has 3 nitrogen and oxygen atoms in total. The number of hydrogen-bond donors (Lipinski definition) is 2. The van der Waals surface area contributed by atoms with Crippen LogP contribution in [0, 0.1) is 0 Å². The van der Waals surface area contributed by atoms with E-state index in [1.807, 2.05) is 0 Å². The lowest BCUT2D eigenvalue weighted by molar-refractivity contribution is -0.121. The summed E-state index contributed by atoms with van der Waals surface area (Å²) in [7, 11) is 0. The zero-order chi connectivity index (χ0) is 7.98. The molecule has 1 unspecified atom stereocenters. The van der Waals surface area contributed by atoms with Gasteiger partial charge in [0.25, 0.3) is 0 Å². The molecule has 2 N–H and O–H groups in total. The zero-order valence-corrected chi connectivity index (χ0v) is 6.07. The highest BCUT2D eigenvalue weighted by Gasteiger charge is 2.05. The molecule has 0 aliphatic heterocycles. The van der Waals surface area contributed by atoms with Gasteiger partial charge in [-0.25, -0.2) is 0 Å². The van der Waals surface area contributed by atoms with Gasteiger partial charge in [-0.1, -0.05) is 0 Å². The topological polar surface area (TPSA) is 49.3 Å². The Morgan fingerprint density at radius 1 is 1.80 bits per heavy atom. The Hall–Kier alpha value is -0.350. The van der Waals surface area contributed by atoms with Crippen LogP contribution < -0.4 is 5.32 Å². The summed E-state index contributed by atoms with van der Waals surface area (Å²) in [5, 5.41) is 10.8. The van der Waals surface area contributed by atoms with Crippen LogP contribution >= 0.6 is 11.6 Å². The van der Waals surface area contributed by atoms with Gasteiger partial charge < -0.3 is 10.4 Å². The molecule has 0 bridgehead atoms. The van der Waals surface area contributed by atoms with E-state index < -0.39 is 18.8 Å². The van der Waals surface area contributed by atoms with E-state index >= 15 is 0 Å². The number of halogens is 2. The van der Waals surface area contributed by atoms with Gasteiger partial charge in [0.15, 0.2) is 0 Å². The quantitative estimate of drug-likeness (QED) is 0.461. The van der Waals surface area contributed by atoms with Crippen LogP contribution in [0.1, 0.15) is 6.42 Å². The van der Waals surface area contributed by atoms with E-state index in [0.29, 0.717) is 0 Å². The van der Waals surface area contributed by atoms with E-state index in [4.69, 9.17) is 16.7 Å². The van der Waals surface area contributed by atoms with Crippen molar-refractivity contribution in [2.24, 2.45) is 0 Å². The molecule has 0 spiro atoms. The number of nitrogens with one attached hydrogen (secondary N) is 1. The highest BCUT2D eigenvalue weighted by molar-refractivity contribution is 6.27. The van der Waals surface area contributed by atoms with Crippen LogP contribution in [0.25, 0.3) is 0 Å². The van der Waals surface area contributed by atoms with Gasteiger partial charge in [-0.3, -0.25) is 9.18 Å². The number of rotatable bonds is 4. The molecule has 0 aromatic carbocycles. The molecule has 0 saturated carbocycles. The Morgan fingerprint density at radius 3 is 2.80 bits per heavy atom. The normalized spacial score (nSPS) is 12.7. The summed E-state index contributed by atoms with van der Waals surface area (Å²) in [5.74, 6) is -0.716. The second kappa shape index (κ2) is 5.44. The Bertz CT molecular complexity index is 112. The Kier molecular flexibility index (Phi) is 5.25. The predicted octanol–water partition coefficient (Wildman–Crippen LogP) is 0.0194. The minimum atomic E-state index is -1.11. The van der Waals surface area contributed by atoms with E-state index in [1.54, 1.807) is 0 Å². The van der Waals surface area contributed by atoms with Crippen LogP contribution in [-0.4, -0.2) is 29.8 Å². The molecular formula is C5H9ClFNO2. The molecule has 1 atom stereocenters. The highest BCUT2D eigenvalue weighted by Crippen LogP contribution is 1.87. The molecular weight excluding hydrogens is 161 g/mol. The molecule has 0 aromatic heterocycles. The van der Waals surface area contributed by atoms with Crippen molar-refractivity contribution in [1.29, 1.82) is 0 Å². The lowest BCUT2D eigenvalue weighted by Crippen LogP contribution is -2.35. The summed E-state index contributed by atoms with van der Waals surface area (Å²) in [4.78, 5) is 10.4. The maximum absolute atomic E-state index is 11.5. The first-order chi connectivity index (χ1) is 4.70. The highest BCUT2D eigenvalue weighted by atomic mass is 35.5. The molecule has 5 heteroatoms. The number of carbonyl (C=O) groups is 1. The first-order valence-corrected chi connectivity index (χ1v) is 3.33. The van der Waals surface area contributed by atoms with Crippen molar-refractivity contribution >= 4 is 17.5 Å². The second-order valence-corrected chi connectivity index (χ2v) is 1.96. The van der Waals surface area contributed by atoms with Gasteiger partial charge in [0, 0.05) is 6.42 Å². The van der Waals surface area contributed by atoms with Gasteiger partial charge in [-0.05, 0) is 0 Å². The van der Waals surface area contributed by atoms with Crippen LogP contribution in [-0.2, 0) is 4.79 Å². The Morgan fingerprint density at radius 2 is 2.40 bits per heavy atom. The van der Waals surface area contributed by atoms with Crippen molar-refractivity contribution in [2.75, 3.05) is 12.6 Å². The predicted molar refractivity (Wildman–Crippen MR) is 35.5 cm³/mol. The smallest absolute Gasteiger partial charge is 0.236 e. The first kappa shape index (κ1) is 9.65. The number of hydrogen-bond acceptors (Lipinski definition) is 2. The summed E-state index contributed by atoms with van der Waals surface area (Å²) >= 11 is 5.08. The molecule has 0 aliphatic rings. The second-order valence-electron chi connectivity index (χ2n) is 1.69. The number of aliphatic hydroxyl groups is 1. The van der Waals surface area contributed by atoms with Crippen molar-refractivity contribution in [1.82, 2.24) is 5.32 Å². The fourth-order valence-electron chi connectivity index (χ4n) is 0.400. The van der Waals surface area contributed by atoms with Crippen molar-refractivity contribution < 1.29 is 14.3 Å². The Labute approximate surface area is 63.2 Å². The molecule has 0 heterocycles. The van der Waals surface area contributed by atoms with Gasteiger partial charge >= 0.3 is 0 Å². The average molecular weight is 170 g/mol. The lowest BCUT2D eigenvalue weighted by Gasteiger charge is -2.08.